The number of hydrogen-bond acceptors (Lipinski definition) is 6. The highest BCUT2D eigenvalue weighted by Gasteiger charge is 2.38. The SMILES string of the molecule is CC(C)(C)OC(=O)N1CCCC1.Oc1ccc(-c2noc(C(F)(F)F)n2)cc1F. The molecular weight excluding hydrogens is 398 g/mol. The Morgan fingerprint density at radius 2 is 1.83 bits per heavy atom. The molecule has 160 valence electrons. The number of amides is 1. The lowest BCUT2D eigenvalue weighted by molar-refractivity contribution is -0.159. The van der Waals surface area contributed by atoms with E-state index in [4.69, 9.17) is 9.84 Å². The van der Waals surface area contributed by atoms with Gasteiger partial charge in [-0.2, -0.15) is 18.2 Å². The largest absolute Gasteiger partial charge is 0.505 e. The number of rotatable bonds is 1. The number of aromatic hydroxyl groups is 1. The maximum absolute atomic E-state index is 12.9. The van der Waals surface area contributed by atoms with Crippen molar-refractivity contribution in [2.75, 3.05) is 13.1 Å². The van der Waals surface area contributed by atoms with Gasteiger partial charge in [0, 0.05) is 18.7 Å². The van der Waals surface area contributed by atoms with Crippen molar-refractivity contribution in [3.63, 3.8) is 0 Å². The van der Waals surface area contributed by atoms with Crippen LogP contribution in [0.5, 0.6) is 5.75 Å². The molecule has 1 N–H and O–H groups in total. The van der Waals surface area contributed by atoms with Gasteiger partial charge in [-0.05, 0) is 51.8 Å². The molecule has 0 spiro atoms. The van der Waals surface area contributed by atoms with Crippen molar-refractivity contribution in [2.24, 2.45) is 0 Å². The van der Waals surface area contributed by atoms with Crippen LogP contribution in [0.15, 0.2) is 22.7 Å². The Morgan fingerprint density at radius 1 is 1.21 bits per heavy atom. The highest BCUT2D eigenvalue weighted by molar-refractivity contribution is 5.68. The second-order valence-corrected chi connectivity index (χ2v) is 7.26. The van der Waals surface area contributed by atoms with Gasteiger partial charge in [0.15, 0.2) is 11.6 Å². The van der Waals surface area contributed by atoms with Crippen molar-refractivity contribution in [3.8, 4) is 17.1 Å². The van der Waals surface area contributed by atoms with Crippen LogP contribution >= 0.6 is 0 Å². The topological polar surface area (TPSA) is 88.7 Å². The van der Waals surface area contributed by atoms with Gasteiger partial charge in [-0.25, -0.2) is 9.18 Å². The number of hydrogen-bond donors (Lipinski definition) is 1. The minimum Gasteiger partial charge on any atom is -0.505 e. The van der Waals surface area contributed by atoms with Crippen molar-refractivity contribution in [1.82, 2.24) is 15.0 Å². The quantitative estimate of drug-likeness (QED) is 0.679. The second kappa shape index (κ2) is 8.66. The van der Waals surface area contributed by atoms with Crippen LogP contribution in [-0.4, -0.2) is 44.9 Å². The van der Waals surface area contributed by atoms with E-state index in [1.165, 1.54) is 6.07 Å². The maximum Gasteiger partial charge on any atom is 0.471 e. The van der Waals surface area contributed by atoms with Crippen LogP contribution in [0, 0.1) is 5.82 Å². The molecule has 1 aliphatic rings. The number of carbonyl (C=O) groups excluding carboxylic acids is 1. The normalized spacial score (nSPS) is 14.4. The van der Waals surface area contributed by atoms with Crippen LogP contribution in [0.4, 0.5) is 22.4 Å². The van der Waals surface area contributed by atoms with Gasteiger partial charge in [-0.1, -0.05) is 5.16 Å². The molecular formula is C18H21F4N3O4. The first kappa shape index (κ1) is 22.4. The Kier molecular flexibility index (Phi) is 6.70. The molecule has 1 amide bonds. The van der Waals surface area contributed by atoms with E-state index < -0.39 is 29.5 Å². The third-order valence-electron chi connectivity index (χ3n) is 3.63. The van der Waals surface area contributed by atoms with Gasteiger partial charge in [-0.15, -0.1) is 0 Å². The van der Waals surface area contributed by atoms with Crippen molar-refractivity contribution >= 4 is 6.09 Å². The van der Waals surface area contributed by atoms with Crippen LogP contribution in [-0.2, 0) is 10.9 Å². The molecule has 0 unspecified atom stereocenters. The van der Waals surface area contributed by atoms with Gasteiger partial charge in [-0.3, -0.25) is 0 Å². The number of likely N-dealkylation sites (tertiary alicyclic amines) is 1. The zero-order valence-electron chi connectivity index (χ0n) is 16.1. The first-order chi connectivity index (χ1) is 13.4. The molecule has 1 aromatic heterocycles. The fraction of sp³-hybridized carbons (Fsp3) is 0.500. The van der Waals surface area contributed by atoms with Gasteiger partial charge in [0.05, 0.1) is 0 Å². The molecule has 11 heteroatoms. The summed E-state index contributed by atoms with van der Waals surface area (Å²) in [4.78, 5) is 16.2. The van der Waals surface area contributed by atoms with E-state index >= 15 is 0 Å². The summed E-state index contributed by atoms with van der Waals surface area (Å²) in [7, 11) is 0. The van der Waals surface area contributed by atoms with E-state index in [0.717, 1.165) is 38.1 Å². The Morgan fingerprint density at radius 3 is 2.31 bits per heavy atom. The number of nitrogens with zero attached hydrogens (tertiary/aromatic N) is 3. The Labute approximate surface area is 164 Å². The third kappa shape index (κ3) is 6.61. The van der Waals surface area contributed by atoms with Gasteiger partial charge >= 0.3 is 18.2 Å². The summed E-state index contributed by atoms with van der Waals surface area (Å²) in [6.45, 7) is 7.38. The smallest absolute Gasteiger partial charge is 0.471 e. The average molecular weight is 419 g/mol. The van der Waals surface area contributed by atoms with Crippen molar-refractivity contribution < 1.29 is 36.7 Å². The molecule has 2 aromatic rings. The van der Waals surface area contributed by atoms with Gasteiger partial charge in [0.25, 0.3) is 0 Å². The molecule has 7 nitrogen and oxygen atoms in total. The lowest BCUT2D eigenvalue weighted by Gasteiger charge is -2.23. The summed E-state index contributed by atoms with van der Waals surface area (Å²) in [5.74, 6) is -3.52. The Bertz CT molecular complexity index is 840. The summed E-state index contributed by atoms with van der Waals surface area (Å²) in [5, 5.41) is 12.0. The van der Waals surface area contributed by atoms with E-state index in [9.17, 15) is 22.4 Å². The molecule has 0 saturated carbocycles. The standard InChI is InChI=1S/C9H4F4N2O2.C9H17NO2/c10-5-3-4(1-2-6(5)16)7-14-8(17-15-7)9(11,12)13;1-9(2,3)12-8(11)10-6-4-5-7-10/h1-3,16H;4-7H2,1-3H3. The molecule has 0 radical (unpaired) electrons. The van der Waals surface area contributed by atoms with Gasteiger partial charge in [0.2, 0.25) is 5.82 Å². The van der Waals surface area contributed by atoms with Crippen molar-refractivity contribution in [1.29, 1.82) is 0 Å². The number of ether oxygens (including phenoxy) is 1. The van der Waals surface area contributed by atoms with Crippen LogP contribution in [0.2, 0.25) is 0 Å². The molecule has 0 aliphatic carbocycles. The highest BCUT2D eigenvalue weighted by Crippen LogP contribution is 2.30. The third-order valence-corrected chi connectivity index (χ3v) is 3.63. The predicted molar refractivity (Wildman–Crippen MR) is 93.4 cm³/mol. The number of phenolic OH excluding ortho intramolecular Hbond substituents is 1. The minimum absolute atomic E-state index is 0.0282. The first-order valence-electron chi connectivity index (χ1n) is 8.74. The molecule has 1 aliphatic heterocycles. The fourth-order valence-electron chi connectivity index (χ4n) is 2.33. The molecule has 0 atom stereocenters. The van der Waals surface area contributed by atoms with Crippen LogP contribution in [0.3, 0.4) is 0 Å². The number of alkyl halides is 3. The lowest BCUT2D eigenvalue weighted by atomic mass is 10.2. The Balaban J connectivity index is 0.000000221. The molecule has 2 heterocycles. The summed E-state index contributed by atoms with van der Waals surface area (Å²) >= 11 is 0. The number of phenols is 1. The second-order valence-electron chi connectivity index (χ2n) is 7.26. The van der Waals surface area contributed by atoms with E-state index in [-0.39, 0.29) is 17.3 Å². The minimum atomic E-state index is -4.75. The van der Waals surface area contributed by atoms with Crippen LogP contribution in [0.25, 0.3) is 11.4 Å². The summed E-state index contributed by atoms with van der Waals surface area (Å²) in [6, 6.07) is 2.96. The van der Waals surface area contributed by atoms with Crippen molar-refractivity contribution in [3.05, 3.63) is 29.9 Å². The first-order valence-corrected chi connectivity index (χ1v) is 8.74. The highest BCUT2D eigenvalue weighted by atomic mass is 19.4. The predicted octanol–water partition coefficient (Wildman–Crippen LogP) is 4.62. The summed E-state index contributed by atoms with van der Waals surface area (Å²) < 4.78 is 58.6. The monoisotopic (exact) mass is 419 g/mol. The van der Waals surface area contributed by atoms with Crippen molar-refractivity contribution in [2.45, 2.75) is 45.4 Å². The van der Waals surface area contributed by atoms with Gasteiger partial charge in [0.1, 0.15) is 5.60 Å². The average Bonchev–Trinajstić information content (AvgIpc) is 3.27. The fourth-order valence-corrected chi connectivity index (χ4v) is 2.33. The molecule has 1 aromatic carbocycles. The number of halogens is 4. The number of aromatic nitrogens is 2. The molecule has 29 heavy (non-hydrogen) atoms. The van der Waals surface area contributed by atoms with E-state index in [1.54, 1.807) is 4.90 Å². The summed E-state index contributed by atoms with van der Waals surface area (Å²) in [5.41, 5.74) is -0.390. The number of carbonyl (C=O) groups is 1. The molecule has 1 fully saturated rings. The lowest BCUT2D eigenvalue weighted by Crippen LogP contribution is -2.34. The maximum atomic E-state index is 12.9. The van der Waals surface area contributed by atoms with Gasteiger partial charge < -0.3 is 19.3 Å². The van der Waals surface area contributed by atoms with E-state index in [1.807, 2.05) is 20.8 Å². The zero-order valence-corrected chi connectivity index (χ0v) is 16.1. The van der Waals surface area contributed by atoms with E-state index in [2.05, 4.69) is 14.7 Å². The molecule has 3 rings (SSSR count). The summed E-state index contributed by atoms with van der Waals surface area (Å²) in [6.07, 6.45) is -2.70. The zero-order chi connectivity index (χ0) is 21.8. The number of benzene rings is 1. The Hall–Kier alpha value is -2.85. The molecule has 1 saturated heterocycles. The van der Waals surface area contributed by atoms with Crippen LogP contribution < -0.4 is 0 Å². The van der Waals surface area contributed by atoms with Crippen LogP contribution in [0.1, 0.15) is 39.5 Å². The molecule has 0 bridgehead atoms. The van der Waals surface area contributed by atoms with E-state index in [0.29, 0.717) is 0 Å².